The summed E-state index contributed by atoms with van der Waals surface area (Å²) in [5.74, 6) is 0.210. The SMILES string of the molecule is CCOC(=O)[C@H]1CC[C@@]12Cc1ccc(O)cc12. The van der Waals surface area contributed by atoms with Gasteiger partial charge in [-0.15, -0.1) is 0 Å². The van der Waals surface area contributed by atoms with Crippen molar-refractivity contribution in [3.05, 3.63) is 29.3 Å². The summed E-state index contributed by atoms with van der Waals surface area (Å²) < 4.78 is 5.12. The van der Waals surface area contributed by atoms with Crippen molar-refractivity contribution in [1.82, 2.24) is 0 Å². The van der Waals surface area contributed by atoms with E-state index in [0.717, 1.165) is 24.8 Å². The lowest BCUT2D eigenvalue weighted by molar-refractivity contribution is -0.156. The highest BCUT2D eigenvalue weighted by Gasteiger charge is 2.57. The number of hydrogen-bond donors (Lipinski definition) is 1. The molecule has 0 saturated heterocycles. The molecule has 1 aromatic rings. The molecule has 1 aromatic carbocycles. The Balaban J connectivity index is 1.88. The maximum absolute atomic E-state index is 11.8. The number of rotatable bonds is 2. The molecule has 17 heavy (non-hydrogen) atoms. The quantitative estimate of drug-likeness (QED) is 0.795. The molecule has 2 aliphatic rings. The molecule has 0 radical (unpaired) electrons. The van der Waals surface area contributed by atoms with Crippen molar-refractivity contribution in [1.29, 1.82) is 0 Å². The second-order valence-electron chi connectivity index (χ2n) is 5.02. The lowest BCUT2D eigenvalue weighted by Gasteiger charge is -2.55. The Morgan fingerprint density at radius 2 is 2.41 bits per heavy atom. The first-order chi connectivity index (χ1) is 8.17. The average molecular weight is 232 g/mol. The first kappa shape index (κ1) is 10.6. The Morgan fingerprint density at radius 1 is 1.59 bits per heavy atom. The van der Waals surface area contributed by atoms with Gasteiger partial charge in [0.05, 0.1) is 12.5 Å². The molecule has 1 spiro atoms. The van der Waals surface area contributed by atoms with Gasteiger partial charge < -0.3 is 9.84 Å². The first-order valence-electron chi connectivity index (χ1n) is 6.16. The van der Waals surface area contributed by atoms with E-state index >= 15 is 0 Å². The van der Waals surface area contributed by atoms with Crippen molar-refractivity contribution >= 4 is 5.97 Å². The van der Waals surface area contributed by atoms with Gasteiger partial charge in [0.1, 0.15) is 5.75 Å². The van der Waals surface area contributed by atoms with Gasteiger partial charge in [-0.1, -0.05) is 6.07 Å². The fourth-order valence-corrected chi connectivity index (χ4v) is 3.27. The van der Waals surface area contributed by atoms with Crippen LogP contribution in [0.3, 0.4) is 0 Å². The van der Waals surface area contributed by atoms with Crippen LogP contribution in [0.25, 0.3) is 0 Å². The van der Waals surface area contributed by atoms with Gasteiger partial charge in [0.25, 0.3) is 0 Å². The first-order valence-corrected chi connectivity index (χ1v) is 6.16. The molecule has 3 rings (SSSR count). The van der Waals surface area contributed by atoms with Crippen molar-refractivity contribution in [3.63, 3.8) is 0 Å². The van der Waals surface area contributed by atoms with Crippen molar-refractivity contribution in [2.24, 2.45) is 5.92 Å². The number of carbonyl (C=O) groups is 1. The maximum atomic E-state index is 11.8. The number of benzene rings is 1. The Labute approximate surface area is 100 Å². The highest BCUT2D eigenvalue weighted by Crippen LogP contribution is 2.59. The largest absolute Gasteiger partial charge is 0.508 e. The fraction of sp³-hybridized carbons (Fsp3) is 0.500. The van der Waals surface area contributed by atoms with E-state index < -0.39 is 0 Å². The lowest BCUT2D eigenvalue weighted by atomic mass is 9.47. The van der Waals surface area contributed by atoms with Crippen molar-refractivity contribution in [2.75, 3.05) is 6.61 Å². The number of phenolic OH excluding ortho intramolecular Hbond substituents is 1. The van der Waals surface area contributed by atoms with Crippen LogP contribution in [0.15, 0.2) is 18.2 Å². The Kier molecular flexibility index (Phi) is 2.18. The summed E-state index contributed by atoms with van der Waals surface area (Å²) in [7, 11) is 0. The van der Waals surface area contributed by atoms with Crippen LogP contribution in [0.4, 0.5) is 0 Å². The molecule has 0 unspecified atom stereocenters. The zero-order chi connectivity index (χ0) is 12.0. The summed E-state index contributed by atoms with van der Waals surface area (Å²) in [6, 6.07) is 5.48. The van der Waals surface area contributed by atoms with E-state index in [1.165, 1.54) is 5.56 Å². The number of phenols is 1. The molecular formula is C14H16O3. The van der Waals surface area contributed by atoms with Crippen LogP contribution in [0, 0.1) is 5.92 Å². The second-order valence-corrected chi connectivity index (χ2v) is 5.02. The number of aromatic hydroxyl groups is 1. The van der Waals surface area contributed by atoms with Crippen LogP contribution in [0.1, 0.15) is 30.9 Å². The lowest BCUT2D eigenvalue weighted by Crippen LogP contribution is -2.55. The normalized spacial score (nSPS) is 29.1. The highest BCUT2D eigenvalue weighted by atomic mass is 16.5. The second kappa shape index (κ2) is 3.49. The monoisotopic (exact) mass is 232 g/mol. The van der Waals surface area contributed by atoms with Gasteiger partial charge >= 0.3 is 5.97 Å². The Morgan fingerprint density at radius 3 is 3.06 bits per heavy atom. The third-order valence-electron chi connectivity index (χ3n) is 4.25. The summed E-state index contributed by atoms with van der Waals surface area (Å²) in [5, 5.41) is 9.54. The molecule has 0 aliphatic heterocycles. The minimum Gasteiger partial charge on any atom is -0.508 e. The molecule has 0 aromatic heterocycles. The van der Waals surface area contributed by atoms with Gasteiger partial charge in [-0.25, -0.2) is 0 Å². The molecule has 1 fully saturated rings. The Bertz CT molecular complexity index is 480. The van der Waals surface area contributed by atoms with Crippen molar-refractivity contribution in [3.8, 4) is 5.75 Å². The molecule has 2 atom stereocenters. The smallest absolute Gasteiger partial charge is 0.309 e. The molecule has 3 heteroatoms. The zero-order valence-electron chi connectivity index (χ0n) is 9.90. The number of esters is 1. The van der Waals surface area contributed by atoms with Crippen LogP contribution in [0.2, 0.25) is 0 Å². The van der Waals surface area contributed by atoms with E-state index in [9.17, 15) is 9.90 Å². The molecular weight excluding hydrogens is 216 g/mol. The van der Waals surface area contributed by atoms with Crippen LogP contribution in [-0.2, 0) is 21.4 Å². The van der Waals surface area contributed by atoms with E-state index in [2.05, 4.69) is 0 Å². The summed E-state index contributed by atoms with van der Waals surface area (Å²) >= 11 is 0. The van der Waals surface area contributed by atoms with Crippen LogP contribution in [-0.4, -0.2) is 17.7 Å². The molecule has 0 bridgehead atoms. The molecule has 2 aliphatic carbocycles. The van der Waals surface area contributed by atoms with Gasteiger partial charge in [0.15, 0.2) is 0 Å². The third-order valence-corrected chi connectivity index (χ3v) is 4.25. The number of carbonyl (C=O) groups excluding carboxylic acids is 1. The topological polar surface area (TPSA) is 46.5 Å². The molecule has 0 heterocycles. The summed E-state index contributed by atoms with van der Waals surface area (Å²) in [6.45, 7) is 2.28. The summed E-state index contributed by atoms with van der Waals surface area (Å²) in [6.07, 6.45) is 2.90. The predicted molar refractivity (Wildman–Crippen MR) is 62.8 cm³/mol. The molecule has 0 amide bonds. The highest BCUT2D eigenvalue weighted by molar-refractivity contribution is 5.78. The van der Waals surface area contributed by atoms with E-state index in [1.54, 1.807) is 6.07 Å². The molecule has 3 nitrogen and oxygen atoms in total. The number of ether oxygens (including phenoxy) is 1. The molecule has 90 valence electrons. The van der Waals surface area contributed by atoms with Crippen molar-refractivity contribution in [2.45, 2.75) is 31.6 Å². The summed E-state index contributed by atoms with van der Waals surface area (Å²) in [4.78, 5) is 11.8. The van der Waals surface area contributed by atoms with Crippen LogP contribution >= 0.6 is 0 Å². The maximum Gasteiger partial charge on any atom is 0.309 e. The van der Waals surface area contributed by atoms with Gasteiger partial charge in [0, 0.05) is 5.41 Å². The standard InChI is InChI=1S/C14H16O3/c1-2-17-13(16)11-5-6-14(11)8-9-3-4-10(15)7-12(9)14/h3-4,7,11,15H,2,5-6,8H2,1H3/t11-,14-/m1/s1. The predicted octanol–water partition coefficient (Wildman–Crippen LogP) is 2.16. The van der Waals surface area contributed by atoms with Gasteiger partial charge in [-0.2, -0.15) is 0 Å². The minimum absolute atomic E-state index is 0.00301. The van der Waals surface area contributed by atoms with Crippen LogP contribution in [0.5, 0.6) is 5.75 Å². The van der Waals surface area contributed by atoms with Crippen molar-refractivity contribution < 1.29 is 14.6 Å². The average Bonchev–Trinajstić information content (AvgIpc) is 2.22. The van der Waals surface area contributed by atoms with Gasteiger partial charge in [-0.05, 0) is 49.4 Å². The van der Waals surface area contributed by atoms with E-state index in [4.69, 9.17) is 4.74 Å². The minimum atomic E-state index is -0.0762. The fourth-order valence-electron chi connectivity index (χ4n) is 3.27. The Hall–Kier alpha value is -1.51. The van der Waals surface area contributed by atoms with Gasteiger partial charge in [-0.3, -0.25) is 4.79 Å². The van der Waals surface area contributed by atoms with E-state index in [0.29, 0.717) is 6.61 Å². The van der Waals surface area contributed by atoms with E-state index in [1.807, 2.05) is 19.1 Å². The molecule has 1 N–H and O–H groups in total. The van der Waals surface area contributed by atoms with Gasteiger partial charge in [0.2, 0.25) is 0 Å². The number of fused-ring (bicyclic) bond motifs is 2. The zero-order valence-corrected chi connectivity index (χ0v) is 9.90. The van der Waals surface area contributed by atoms with E-state index in [-0.39, 0.29) is 23.1 Å². The molecule has 1 saturated carbocycles. The van der Waals surface area contributed by atoms with Crippen LogP contribution < -0.4 is 0 Å². The third kappa shape index (κ3) is 1.31. The summed E-state index contributed by atoms with van der Waals surface area (Å²) in [5.41, 5.74) is 2.39. The number of hydrogen-bond acceptors (Lipinski definition) is 3.